The van der Waals surface area contributed by atoms with E-state index in [1.54, 1.807) is 54.0 Å². The molecule has 19 heteroatoms. The van der Waals surface area contributed by atoms with Crippen LogP contribution in [0.5, 0.6) is 0 Å². The average molecular weight is 951 g/mol. The lowest BCUT2D eigenvalue weighted by Crippen LogP contribution is -2.46. The Morgan fingerprint density at radius 3 is 2.08 bits per heavy atom. The van der Waals surface area contributed by atoms with Gasteiger partial charge in [-0.25, -0.2) is 21.6 Å². The number of benzene rings is 5. The molecule has 1 aliphatic heterocycles. The number of sulfonamides is 1. The van der Waals surface area contributed by atoms with E-state index in [-0.39, 0.29) is 17.4 Å². The molecular formula is C44H45ClF5N5O5S3. The number of thioether (sulfide) groups is 1. The third-order valence-electron chi connectivity index (χ3n) is 10.4. The Labute approximate surface area is 373 Å². The molecule has 1 fully saturated rings. The van der Waals surface area contributed by atoms with Gasteiger partial charge < -0.3 is 15.1 Å². The highest BCUT2D eigenvalue weighted by Gasteiger charge is 2.68. The van der Waals surface area contributed by atoms with Crippen molar-refractivity contribution in [3.05, 3.63) is 137 Å². The highest BCUT2D eigenvalue weighted by Crippen LogP contribution is 2.45. The van der Waals surface area contributed by atoms with Gasteiger partial charge in [0.1, 0.15) is 0 Å². The van der Waals surface area contributed by atoms with Crippen molar-refractivity contribution in [3.63, 3.8) is 0 Å². The molecule has 0 aliphatic carbocycles. The molecule has 0 saturated carbocycles. The Hall–Kier alpha value is -4.72. The summed E-state index contributed by atoms with van der Waals surface area (Å²) in [7, 11) is -8.11. The smallest absolute Gasteiger partial charge is 0.380 e. The van der Waals surface area contributed by atoms with Crippen molar-refractivity contribution in [1.29, 1.82) is 0 Å². The SMILES string of the molecule is CN(C)CC[C@H](CSc1ccccc1)Nc1ccc(S(=O)(=O)NC(=O)c2ccc(N3CCN(Cc4ccccc4-c4ccc(Cl)cc4)CC3)cc2)cc1S(=O)(=O)C(F)(F)C(F)(F)F. The predicted octanol–water partition coefficient (Wildman–Crippen LogP) is 8.90. The van der Waals surface area contributed by atoms with Gasteiger partial charge in [-0.15, -0.1) is 11.8 Å². The van der Waals surface area contributed by atoms with Crippen LogP contribution in [0.1, 0.15) is 22.3 Å². The summed E-state index contributed by atoms with van der Waals surface area (Å²) in [5.41, 5.74) is 3.35. The Bertz CT molecular complexity index is 2580. The first kappa shape index (κ1) is 47.8. The van der Waals surface area contributed by atoms with Gasteiger partial charge in [0.25, 0.3) is 25.8 Å². The van der Waals surface area contributed by atoms with Crippen molar-refractivity contribution >= 4 is 60.5 Å². The van der Waals surface area contributed by atoms with Gasteiger partial charge in [-0.3, -0.25) is 9.69 Å². The number of amides is 1. The highest BCUT2D eigenvalue weighted by atomic mass is 35.5. The molecule has 2 N–H and O–H groups in total. The number of carbonyl (C=O) groups excluding carboxylic acids is 1. The minimum atomic E-state index is -6.61. The van der Waals surface area contributed by atoms with E-state index in [1.165, 1.54) is 29.5 Å². The van der Waals surface area contributed by atoms with E-state index in [0.717, 1.165) is 53.5 Å². The molecule has 5 aromatic rings. The van der Waals surface area contributed by atoms with E-state index < -0.39 is 58.7 Å². The second kappa shape index (κ2) is 20.0. The summed E-state index contributed by atoms with van der Waals surface area (Å²) in [5, 5.41) is -2.85. The number of nitrogens with one attached hydrogen (secondary N) is 2. The lowest BCUT2D eigenvalue weighted by Gasteiger charge is -2.36. The fourth-order valence-electron chi connectivity index (χ4n) is 6.88. The van der Waals surface area contributed by atoms with Crippen LogP contribution in [0.4, 0.5) is 33.3 Å². The summed E-state index contributed by atoms with van der Waals surface area (Å²) >= 11 is 7.43. The summed E-state index contributed by atoms with van der Waals surface area (Å²) in [6.45, 7) is 3.94. The van der Waals surface area contributed by atoms with Crippen LogP contribution in [0.25, 0.3) is 11.1 Å². The van der Waals surface area contributed by atoms with Crippen LogP contribution in [0.15, 0.2) is 136 Å². The molecule has 0 aromatic heterocycles. The Balaban J connectivity index is 1.16. The monoisotopic (exact) mass is 949 g/mol. The van der Waals surface area contributed by atoms with Gasteiger partial charge in [-0.1, -0.05) is 66.2 Å². The number of hydrogen-bond acceptors (Lipinski definition) is 10. The molecule has 63 heavy (non-hydrogen) atoms. The zero-order valence-electron chi connectivity index (χ0n) is 34.2. The molecule has 336 valence electrons. The Morgan fingerprint density at radius 2 is 1.44 bits per heavy atom. The van der Waals surface area contributed by atoms with E-state index >= 15 is 0 Å². The van der Waals surface area contributed by atoms with Crippen LogP contribution in [-0.4, -0.2) is 103 Å². The fraction of sp³-hybridized carbons (Fsp3) is 0.295. The van der Waals surface area contributed by atoms with Crippen LogP contribution in [0.3, 0.4) is 0 Å². The van der Waals surface area contributed by atoms with Crippen molar-refractivity contribution in [2.75, 3.05) is 62.8 Å². The van der Waals surface area contributed by atoms with Gasteiger partial charge in [0.05, 0.1) is 15.5 Å². The maximum Gasteiger partial charge on any atom is 0.469 e. The number of halogens is 6. The topological polar surface area (TPSA) is 119 Å². The largest absolute Gasteiger partial charge is 0.469 e. The molecule has 0 bridgehead atoms. The quantitative estimate of drug-likeness (QED) is 0.0692. The predicted molar refractivity (Wildman–Crippen MR) is 238 cm³/mol. The van der Waals surface area contributed by atoms with Crippen LogP contribution in [0.2, 0.25) is 5.02 Å². The lowest BCUT2D eigenvalue weighted by molar-refractivity contribution is -0.241. The zero-order chi connectivity index (χ0) is 45.6. The van der Waals surface area contributed by atoms with E-state index in [9.17, 15) is 43.6 Å². The summed E-state index contributed by atoms with van der Waals surface area (Å²) < 4.78 is 126. The Morgan fingerprint density at radius 1 is 0.810 bits per heavy atom. The van der Waals surface area contributed by atoms with Crippen LogP contribution < -0.4 is 14.9 Å². The fourth-order valence-corrected chi connectivity index (χ4v) is 10.4. The lowest BCUT2D eigenvalue weighted by atomic mass is 9.99. The first-order valence-electron chi connectivity index (χ1n) is 19.7. The number of alkyl halides is 5. The van der Waals surface area contributed by atoms with Crippen molar-refractivity contribution in [2.45, 2.75) is 45.1 Å². The molecule has 1 saturated heterocycles. The van der Waals surface area contributed by atoms with Crippen molar-refractivity contribution in [2.24, 2.45) is 0 Å². The first-order chi connectivity index (χ1) is 29.7. The van der Waals surface area contributed by atoms with Crippen molar-refractivity contribution < 1.29 is 43.6 Å². The van der Waals surface area contributed by atoms with Gasteiger partial charge in [0, 0.05) is 65.7 Å². The second-order valence-electron chi connectivity index (χ2n) is 15.1. The van der Waals surface area contributed by atoms with E-state index in [0.29, 0.717) is 31.1 Å². The Kier molecular flexibility index (Phi) is 15.1. The molecule has 0 radical (unpaired) electrons. The number of piperazine rings is 1. The van der Waals surface area contributed by atoms with Gasteiger partial charge >= 0.3 is 11.4 Å². The summed E-state index contributed by atoms with van der Waals surface area (Å²) in [5.74, 6) is -0.904. The summed E-state index contributed by atoms with van der Waals surface area (Å²) in [6, 6.07) is 32.1. The van der Waals surface area contributed by atoms with E-state index in [1.807, 2.05) is 48.5 Å². The zero-order valence-corrected chi connectivity index (χ0v) is 37.4. The molecule has 0 spiro atoms. The van der Waals surface area contributed by atoms with Gasteiger partial charge in [-0.05, 0) is 110 Å². The van der Waals surface area contributed by atoms with E-state index in [2.05, 4.69) is 27.2 Å². The molecule has 6 rings (SSSR count). The molecule has 1 heterocycles. The third-order valence-corrected chi connectivity index (χ3v) is 14.9. The number of anilines is 2. The number of rotatable bonds is 17. The molecule has 10 nitrogen and oxygen atoms in total. The molecule has 1 amide bonds. The first-order valence-corrected chi connectivity index (χ1v) is 24.0. The minimum Gasteiger partial charge on any atom is -0.380 e. The standard InChI is InChI=1S/C44H45ClF5N5O5S3/c1-53(2)23-22-35(30-61-37-9-4-3-5-10-37)51-40-21-20-38(28-41(40)62(57,58)44(49,50)43(46,47)48)63(59,60)52-42(56)32-14-18-36(19-15-32)55-26-24-54(25-27-55)29-33-8-6-7-11-39(33)31-12-16-34(45)17-13-31/h3-21,28,35,51H,22-27,29-30H2,1-2H3,(H,52,56)/t35-/m1/s1. The summed E-state index contributed by atoms with van der Waals surface area (Å²) in [4.78, 5) is 17.7. The highest BCUT2D eigenvalue weighted by molar-refractivity contribution is 7.99. The maximum absolute atomic E-state index is 14.8. The average Bonchev–Trinajstić information content (AvgIpc) is 3.25. The number of nitrogens with zero attached hydrogens (tertiary/aromatic N) is 3. The molecule has 5 aromatic carbocycles. The van der Waals surface area contributed by atoms with Crippen molar-refractivity contribution in [3.8, 4) is 11.1 Å². The normalized spacial score (nSPS) is 14.7. The third kappa shape index (κ3) is 11.7. The van der Waals surface area contributed by atoms with Crippen LogP contribution in [0, 0.1) is 0 Å². The number of hydrogen-bond donors (Lipinski definition) is 2. The number of sulfone groups is 1. The second-order valence-corrected chi connectivity index (χ2v) is 20.3. The van der Waals surface area contributed by atoms with Gasteiger partial charge in [0.2, 0.25) is 0 Å². The van der Waals surface area contributed by atoms with E-state index in [4.69, 9.17) is 11.6 Å². The molecule has 1 atom stereocenters. The molecule has 1 aliphatic rings. The maximum atomic E-state index is 14.8. The van der Waals surface area contributed by atoms with Crippen LogP contribution >= 0.6 is 23.4 Å². The van der Waals surface area contributed by atoms with Crippen LogP contribution in [-0.2, 0) is 26.4 Å². The van der Waals surface area contributed by atoms with Gasteiger partial charge in [-0.2, -0.15) is 22.0 Å². The minimum absolute atomic E-state index is 0.103. The number of carbonyl (C=O) groups is 1. The van der Waals surface area contributed by atoms with Crippen molar-refractivity contribution in [1.82, 2.24) is 14.5 Å². The summed E-state index contributed by atoms with van der Waals surface area (Å²) in [6.07, 6.45) is -6.24. The molecule has 0 unspecified atom stereocenters. The molecular weight excluding hydrogens is 905 g/mol. The van der Waals surface area contributed by atoms with Gasteiger partial charge in [0.15, 0.2) is 0 Å².